The summed E-state index contributed by atoms with van der Waals surface area (Å²) in [5, 5.41) is 1.38. The molecule has 8 rings (SSSR count). The first kappa shape index (κ1) is 37.6. The molecular weight excluding hydrogens is 781 g/mol. The molecule has 0 aliphatic rings. The molecule has 6 aromatic heterocycles. The summed E-state index contributed by atoms with van der Waals surface area (Å²) in [6.45, 7) is 2.43. The Balaban J connectivity index is 1.19. The maximum Gasteiger partial charge on any atom is 0.163 e. The molecule has 2 atom stereocenters. The van der Waals surface area contributed by atoms with Crippen molar-refractivity contribution in [1.82, 2.24) is 29.9 Å². The van der Waals surface area contributed by atoms with Crippen LogP contribution in [0.2, 0.25) is 0 Å². The number of ether oxygens (including phenoxy) is 1. The fourth-order valence-electron chi connectivity index (χ4n) is 6.27. The van der Waals surface area contributed by atoms with Gasteiger partial charge in [-0.2, -0.15) is 0 Å². The van der Waals surface area contributed by atoms with Gasteiger partial charge in [-0.25, -0.2) is 19.9 Å². The van der Waals surface area contributed by atoms with E-state index in [0.29, 0.717) is 86.9 Å². The molecule has 0 unspecified atom stereocenters. The number of pyridine rings is 2. The second-order valence-electron chi connectivity index (χ2n) is 12.9. The zero-order valence-electron chi connectivity index (χ0n) is 30.5. The van der Waals surface area contributed by atoms with Gasteiger partial charge in [-0.15, -0.1) is 22.7 Å². The summed E-state index contributed by atoms with van der Waals surface area (Å²) in [7, 11) is -1.01. The predicted octanol–water partition coefficient (Wildman–Crippen LogP) is 8.65. The number of hydrogen-bond acceptors (Lipinski definition) is 13. The van der Waals surface area contributed by atoms with Crippen LogP contribution in [0.25, 0.3) is 76.9 Å². The van der Waals surface area contributed by atoms with Gasteiger partial charge in [-0.3, -0.25) is 18.4 Å². The number of rotatable bonds is 13. The number of fused-ring (bicyclic) bond motifs is 2. The van der Waals surface area contributed by atoms with E-state index in [9.17, 15) is 8.42 Å². The minimum Gasteiger partial charge on any atom is -0.396 e. The van der Waals surface area contributed by atoms with E-state index in [1.165, 1.54) is 22.7 Å². The van der Waals surface area contributed by atoms with Gasteiger partial charge in [0.1, 0.15) is 18.1 Å². The van der Waals surface area contributed by atoms with Crippen LogP contribution in [0.1, 0.15) is 19.8 Å². The summed E-state index contributed by atoms with van der Waals surface area (Å²) >= 11 is 2.68. The first-order valence-corrected chi connectivity index (χ1v) is 22.1. The highest BCUT2D eigenvalue weighted by Gasteiger charge is 2.24. The number of benzene rings is 2. The quantitative estimate of drug-likeness (QED) is 0.114. The van der Waals surface area contributed by atoms with E-state index in [2.05, 4.69) is 16.9 Å². The van der Waals surface area contributed by atoms with Crippen LogP contribution in [-0.4, -0.2) is 63.5 Å². The molecule has 0 amide bonds. The van der Waals surface area contributed by atoms with Crippen LogP contribution in [0.15, 0.2) is 106 Å². The first-order chi connectivity index (χ1) is 27.3. The summed E-state index contributed by atoms with van der Waals surface area (Å²) in [6.07, 6.45) is 8.76. The molecule has 15 heteroatoms. The van der Waals surface area contributed by atoms with Crippen molar-refractivity contribution >= 4 is 76.1 Å². The Labute approximate surface area is 336 Å². The third-order valence-corrected chi connectivity index (χ3v) is 15.0. The van der Waals surface area contributed by atoms with Gasteiger partial charge in [0.15, 0.2) is 11.6 Å². The van der Waals surface area contributed by atoms with Gasteiger partial charge in [0, 0.05) is 65.5 Å². The fourth-order valence-corrected chi connectivity index (χ4v) is 11.6. The van der Waals surface area contributed by atoms with Crippen molar-refractivity contribution in [3.05, 3.63) is 97.6 Å². The monoisotopic (exact) mass is 816 g/mol. The molecule has 8 aromatic rings. The van der Waals surface area contributed by atoms with Crippen LogP contribution >= 0.6 is 22.7 Å². The Morgan fingerprint density at radius 1 is 0.625 bits per heavy atom. The second kappa shape index (κ2) is 16.4. The summed E-state index contributed by atoms with van der Waals surface area (Å²) in [4.78, 5) is 30.0. The van der Waals surface area contributed by atoms with Crippen molar-refractivity contribution in [3.8, 4) is 56.4 Å². The van der Waals surface area contributed by atoms with Crippen molar-refractivity contribution in [2.24, 2.45) is 0 Å². The van der Waals surface area contributed by atoms with E-state index in [0.717, 1.165) is 40.7 Å². The lowest BCUT2D eigenvalue weighted by Crippen LogP contribution is -2.04. The summed E-state index contributed by atoms with van der Waals surface area (Å²) in [5.41, 5.74) is 20.6. The zero-order valence-corrected chi connectivity index (χ0v) is 33.7. The number of nitrogen functional groups attached to an aromatic ring is 2. The molecule has 0 bridgehead atoms. The van der Waals surface area contributed by atoms with Gasteiger partial charge in [-0.05, 0) is 30.2 Å². The van der Waals surface area contributed by atoms with E-state index in [1.54, 1.807) is 31.9 Å². The maximum atomic E-state index is 13.3. The summed E-state index contributed by atoms with van der Waals surface area (Å²) in [6, 6.07) is 23.6. The highest BCUT2D eigenvalue weighted by Crippen LogP contribution is 2.43. The molecule has 0 aliphatic heterocycles. The van der Waals surface area contributed by atoms with Crippen LogP contribution in [0.4, 0.5) is 11.4 Å². The largest absolute Gasteiger partial charge is 0.396 e. The first-order valence-electron chi connectivity index (χ1n) is 17.8. The van der Waals surface area contributed by atoms with Crippen LogP contribution in [-0.2, 0) is 26.3 Å². The molecule has 4 N–H and O–H groups in total. The molecule has 6 heterocycles. The molecule has 56 heavy (non-hydrogen) atoms. The number of aromatic nitrogens is 6. The number of nitrogens with two attached hydrogens (primary N) is 2. The predicted molar refractivity (Wildman–Crippen MR) is 229 cm³/mol. The average Bonchev–Trinajstić information content (AvgIpc) is 3.77. The van der Waals surface area contributed by atoms with Gasteiger partial charge in [0.05, 0.1) is 67.5 Å². The van der Waals surface area contributed by atoms with E-state index < -0.39 is 21.6 Å². The van der Waals surface area contributed by atoms with Gasteiger partial charge >= 0.3 is 0 Å². The third kappa shape index (κ3) is 7.35. The Bertz CT molecular complexity index is 2740. The summed E-state index contributed by atoms with van der Waals surface area (Å²) in [5.74, 6) is 1.86. The van der Waals surface area contributed by atoms with Crippen LogP contribution in [0.5, 0.6) is 0 Å². The van der Waals surface area contributed by atoms with Gasteiger partial charge < -0.3 is 16.2 Å². The Morgan fingerprint density at radius 2 is 1.18 bits per heavy atom. The topological polar surface area (TPSA) is 173 Å². The highest BCUT2D eigenvalue weighted by atomic mass is 32.2. The lowest BCUT2D eigenvalue weighted by Gasteiger charge is -2.10. The van der Waals surface area contributed by atoms with Crippen LogP contribution < -0.4 is 11.5 Å². The molecule has 0 radical (unpaired) electrons. The molecule has 11 nitrogen and oxygen atoms in total. The normalized spacial score (nSPS) is 12.7. The SMILES string of the molecule is CCCC[S@](=O)c1sc2nc(-c3cccnc3)nc(-c3ccc(-c4cncc(-c5nc(-c6ccccc6)c6c(N)c([S@](=O)CCOC)sc6n5)c4)cc3)c2c1N. The number of hydrogen-bond donors (Lipinski definition) is 2. The van der Waals surface area contributed by atoms with Gasteiger partial charge in [0.2, 0.25) is 0 Å². The molecule has 2 aromatic carbocycles. The van der Waals surface area contributed by atoms with Crippen molar-refractivity contribution in [1.29, 1.82) is 0 Å². The number of methoxy groups -OCH3 is 1. The molecule has 0 saturated carbocycles. The molecule has 0 aliphatic carbocycles. The Hall–Kier alpha value is -5.32. The molecule has 0 spiro atoms. The lowest BCUT2D eigenvalue weighted by atomic mass is 10.0. The smallest absolute Gasteiger partial charge is 0.163 e. The molecule has 0 fully saturated rings. The standard InChI is InChI=1S/C41H36N8O3S4/c1-3-4-18-55(50)40-32(42)31-35(46-36(48-38(31)53-40)27-11-8-16-44-21-27)26-14-12-24(13-15-26)28-20-29(23-45-22-28)37-47-34(25-9-6-5-7-10-25)30-33(43)41(54-39(30)49-37)56(51)19-17-52-2/h5-16,20-23H,3-4,17-19,42-43H2,1-2H3/t55-,56+/m0/s1. The van der Waals surface area contributed by atoms with Gasteiger partial charge in [0.25, 0.3) is 0 Å². The fraction of sp³-hybridized carbons (Fsp3) is 0.171. The van der Waals surface area contributed by atoms with Crippen molar-refractivity contribution in [3.63, 3.8) is 0 Å². The third-order valence-electron chi connectivity index (χ3n) is 9.13. The number of nitrogens with zero attached hydrogens (tertiary/aromatic N) is 6. The molecule has 0 saturated heterocycles. The van der Waals surface area contributed by atoms with Crippen molar-refractivity contribution in [2.45, 2.75) is 28.2 Å². The summed E-state index contributed by atoms with van der Waals surface area (Å²) < 4.78 is 32.9. The minimum absolute atomic E-state index is 0.328. The molecular formula is C41H36N8O3S4. The van der Waals surface area contributed by atoms with Crippen molar-refractivity contribution in [2.75, 3.05) is 36.7 Å². The van der Waals surface area contributed by atoms with Crippen LogP contribution in [0.3, 0.4) is 0 Å². The zero-order chi connectivity index (χ0) is 38.8. The highest BCUT2D eigenvalue weighted by molar-refractivity contribution is 7.88. The van der Waals surface area contributed by atoms with E-state index >= 15 is 0 Å². The number of anilines is 2. The lowest BCUT2D eigenvalue weighted by molar-refractivity contribution is 0.218. The van der Waals surface area contributed by atoms with Crippen molar-refractivity contribution < 1.29 is 13.2 Å². The second-order valence-corrected chi connectivity index (χ2v) is 18.4. The average molecular weight is 817 g/mol. The number of unbranched alkanes of at least 4 members (excludes halogenated alkanes) is 1. The Morgan fingerprint density at radius 3 is 1.79 bits per heavy atom. The van der Waals surface area contributed by atoms with Gasteiger partial charge in [-0.1, -0.05) is 67.9 Å². The number of thiophene rings is 2. The minimum atomic E-state index is -1.35. The Kier molecular flexibility index (Phi) is 11.0. The van der Waals surface area contributed by atoms with E-state index in [-0.39, 0.29) is 0 Å². The van der Waals surface area contributed by atoms with E-state index in [4.69, 9.17) is 36.1 Å². The molecule has 282 valence electrons. The van der Waals surface area contributed by atoms with E-state index in [1.807, 2.05) is 72.8 Å². The van der Waals surface area contributed by atoms with Crippen LogP contribution in [0, 0.1) is 0 Å². The maximum absolute atomic E-state index is 13.3.